The summed E-state index contributed by atoms with van der Waals surface area (Å²) in [4.78, 5) is 29.1. The highest BCUT2D eigenvalue weighted by atomic mass is 31.2. The molecule has 2 radical (unpaired) electrons. The van der Waals surface area contributed by atoms with Crippen molar-refractivity contribution in [3.05, 3.63) is 0 Å². The van der Waals surface area contributed by atoms with Gasteiger partial charge in [-0.2, -0.15) is 0 Å². The molecule has 12 heteroatoms. The monoisotopic (exact) mass is 354 g/mol. The minimum atomic E-state index is -4.89. The molecule has 5 atom stereocenters. The molecule has 1 unspecified atom stereocenters. The van der Waals surface area contributed by atoms with Gasteiger partial charge in [-0.3, -0.25) is 9.36 Å². The predicted molar refractivity (Wildman–Crippen MR) is 78.6 cm³/mol. The molecule has 1 fully saturated rings. The lowest BCUT2D eigenvalue weighted by Crippen LogP contribution is -2.41. The van der Waals surface area contributed by atoms with Gasteiger partial charge in [-0.25, -0.2) is 4.39 Å². The normalized spacial score (nSPS) is 29.4. The van der Waals surface area contributed by atoms with Crippen molar-refractivity contribution in [2.45, 2.75) is 36.6 Å². The summed E-state index contributed by atoms with van der Waals surface area (Å²) >= 11 is 0. The van der Waals surface area contributed by atoms with Gasteiger partial charge in [0.25, 0.3) is 0 Å². The zero-order valence-corrected chi connectivity index (χ0v) is 13.5. The Hall–Kier alpha value is -0.545. The summed E-state index contributed by atoms with van der Waals surface area (Å²) in [6.07, 6.45) is -3.35. The maximum Gasteiger partial charge on any atom is 0.359 e. The van der Waals surface area contributed by atoms with Crippen LogP contribution in [0.2, 0.25) is 0 Å². The molecule has 0 aliphatic carbocycles. The number of rotatable bonds is 9. The van der Waals surface area contributed by atoms with E-state index < -0.39 is 50.2 Å². The largest absolute Gasteiger partial charge is 0.379 e. The molecule has 1 aliphatic rings. The number of nitrogens with two attached hydrogens (primary N) is 1. The zero-order valence-electron chi connectivity index (χ0n) is 12.6. The number of carbonyl (C=O) groups is 1. The molecule has 0 aromatic carbocycles. The molecule has 132 valence electrons. The summed E-state index contributed by atoms with van der Waals surface area (Å²) in [5, 5.41) is 2.49. The number of halogens is 1. The molecular weight excluding hydrogens is 333 g/mol. The Bertz CT molecular complexity index is 441. The molecular formula is C11H21BFN2O7P. The van der Waals surface area contributed by atoms with Gasteiger partial charge in [-0.1, -0.05) is 0 Å². The zero-order chi connectivity index (χ0) is 17.6. The average Bonchev–Trinajstić information content (AvgIpc) is 2.76. The van der Waals surface area contributed by atoms with E-state index in [2.05, 4.69) is 5.32 Å². The molecule has 1 saturated heterocycles. The summed E-state index contributed by atoms with van der Waals surface area (Å²) in [7, 11) is 2.12. The molecule has 23 heavy (non-hydrogen) atoms. The van der Waals surface area contributed by atoms with Gasteiger partial charge in [0.1, 0.15) is 26.7 Å². The maximum atomic E-state index is 13.5. The van der Waals surface area contributed by atoms with Crippen molar-refractivity contribution in [3.8, 4) is 0 Å². The van der Waals surface area contributed by atoms with E-state index in [-0.39, 0.29) is 19.7 Å². The van der Waals surface area contributed by atoms with E-state index in [1.807, 2.05) is 0 Å². The van der Waals surface area contributed by atoms with E-state index >= 15 is 0 Å². The Balaban J connectivity index is 2.60. The highest BCUT2D eigenvalue weighted by Gasteiger charge is 2.46. The summed E-state index contributed by atoms with van der Waals surface area (Å²) in [5.41, 5.74) is 5.25. The highest BCUT2D eigenvalue weighted by Crippen LogP contribution is 2.45. The highest BCUT2D eigenvalue weighted by molar-refractivity contribution is 7.52. The first-order valence-corrected chi connectivity index (χ1v) is 8.60. The smallest absolute Gasteiger partial charge is 0.359 e. The molecule has 9 nitrogen and oxygen atoms in total. The first kappa shape index (κ1) is 20.5. The second-order valence-electron chi connectivity index (χ2n) is 5.01. The Kier molecular flexibility index (Phi) is 8.09. The van der Waals surface area contributed by atoms with Crippen molar-refractivity contribution in [2.24, 2.45) is 5.73 Å². The first-order valence-electron chi connectivity index (χ1n) is 6.92. The molecule has 0 aromatic rings. The van der Waals surface area contributed by atoms with Gasteiger partial charge in [0.15, 0.2) is 0 Å². The van der Waals surface area contributed by atoms with Crippen molar-refractivity contribution >= 4 is 21.3 Å². The van der Waals surface area contributed by atoms with Crippen LogP contribution >= 0.6 is 7.60 Å². The lowest BCUT2D eigenvalue weighted by molar-refractivity contribution is -0.130. The lowest BCUT2D eigenvalue weighted by atomic mass is 9.92. The van der Waals surface area contributed by atoms with Gasteiger partial charge in [0.05, 0.1) is 6.10 Å². The predicted octanol–water partition coefficient (Wildman–Crippen LogP) is -1.78. The van der Waals surface area contributed by atoms with Gasteiger partial charge in [-0.05, 0) is 0 Å². The standard InChI is InChI=1S/C11H21BFN2O7P/c1-20-9-6(4-7(13)23(17,18)19)22-11(12)10(9)21-5-8(16)15-3-2-14/h6-7,9-11H,2-5,14H2,1H3,(H,15,16)(H2,17,18,19)/t6-,7?,9-,10-,11-/m1/s1. The van der Waals surface area contributed by atoms with Gasteiger partial charge in [-0.15, -0.1) is 0 Å². The third-order valence-corrected chi connectivity index (χ3v) is 4.22. The van der Waals surface area contributed by atoms with E-state index in [0.29, 0.717) is 0 Å². The van der Waals surface area contributed by atoms with Crippen molar-refractivity contribution < 1.29 is 37.7 Å². The number of methoxy groups -OCH3 is 1. The fourth-order valence-electron chi connectivity index (χ4n) is 2.18. The second kappa shape index (κ2) is 9.07. The fraction of sp³-hybridized carbons (Fsp3) is 0.909. The van der Waals surface area contributed by atoms with Crippen LogP contribution in [-0.4, -0.2) is 80.6 Å². The first-order chi connectivity index (χ1) is 10.7. The molecule has 1 amide bonds. The quantitative estimate of drug-likeness (QED) is 0.281. The molecule has 1 aliphatic heterocycles. The minimum Gasteiger partial charge on any atom is -0.379 e. The summed E-state index contributed by atoms with van der Waals surface area (Å²) in [6.45, 7) is 0.240. The third kappa shape index (κ3) is 6.11. The van der Waals surface area contributed by atoms with Crippen LogP contribution in [0.25, 0.3) is 0 Å². The lowest BCUT2D eigenvalue weighted by Gasteiger charge is -2.23. The van der Waals surface area contributed by atoms with Crippen molar-refractivity contribution in [1.82, 2.24) is 5.32 Å². The van der Waals surface area contributed by atoms with E-state index in [1.165, 1.54) is 7.11 Å². The van der Waals surface area contributed by atoms with Crippen LogP contribution in [0.4, 0.5) is 4.39 Å². The summed E-state index contributed by atoms with van der Waals surface area (Å²) < 4.78 is 40.1. The molecule has 0 spiro atoms. The summed E-state index contributed by atoms with van der Waals surface area (Å²) in [6, 6.07) is -1.02. The van der Waals surface area contributed by atoms with Gasteiger partial charge < -0.3 is 35.0 Å². The Labute approximate surface area is 134 Å². The van der Waals surface area contributed by atoms with E-state index in [9.17, 15) is 13.8 Å². The molecule has 1 heterocycles. The molecule has 0 aromatic heterocycles. The molecule has 0 bridgehead atoms. The van der Waals surface area contributed by atoms with Crippen LogP contribution in [0, 0.1) is 0 Å². The van der Waals surface area contributed by atoms with Crippen LogP contribution < -0.4 is 11.1 Å². The van der Waals surface area contributed by atoms with E-state index in [4.69, 9.17) is 37.6 Å². The Morgan fingerprint density at radius 2 is 2.17 bits per heavy atom. The Morgan fingerprint density at radius 3 is 2.70 bits per heavy atom. The average molecular weight is 354 g/mol. The Morgan fingerprint density at radius 1 is 1.52 bits per heavy atom. The van der Waals surface area contributed by atoms with Crippen molar-refractivity contribution in [3.63, 3.8) is 0 Å². The van der Waals surface area contributed by atoms with Crippen LogP contribution in [0.1, 0.15) is 6.42 Å². The SMILES string of the molecule is [B][C@@H]1O[C@H](CC(F)P(=O)(O)O)[C@@H](OC)[C@H]1OCC(=O)NCCN. The summed E-state index contributed by atoms with van der Waals surface area (Å²) in [5.74, 6) is -2.82. The van der Waals surface area contributed by atoms with Crippen LogP contribution in [0.5, 0.6) is 0 Å². The number of hydrogen-bond donors (Lipinski definition) is 4. The van der Waals surface area contributed by atoms with Gasteiger partial charge in [0, 0.05) is 32.6 Å². The topological polar surface area (TPSA) is 140 Å². The van der Waals surface area contributed by atoms with E-state index in [0.717, 1.165) is 0 Å². The third-order valence-electron chi connectivity index (χ3n) is 3.28. The molecule has 0 saturated carbocycles. The second-order valence-corrected chi connectivity index (χ2v) is 6.75. The van der Waals surface area contributed by atoms with Crippen LogP contribution in [-0.2, 0) is 23.6 Å². The number of nitrogens with one attached hydrogen (secondary N) is 1. The molecule has 1 rings (SSSR count). The number of carbonyl (C=O) groups excluding carboxylic acids is 1. The minimum absolute atomic E-state index is 0.279. The van der Waals surface area contributed by atoms with Crippen molar-refractivity contribution in [2.75, 3.05) is 26.8 Å². The van der Waals surface area contributed by atoms with Crippen LogP contribution in [0.3, 0.4) is 0 Å². The number of hydrogen-bond acceptors (Lipinski definition) is 6. The molecule has 5 N–H and O–H groups in total. The fourth-order valence-corrected chi connectivity index (χ4v) is 2.67. The van der Waals surface area contributed by atoms with Gasteiger partial charge >= 0.3 is 7.60 Å². The maximum absolute atomic E-state index is 13.5. The van der Waals surface area contributed by atoms with E-state index in [1.54, 1.807) is 0 Å². The number of alkyl halides is 1. The van der Waals surface area contributed by atoms with Crippen molar-refractivity contribution in [1.29, 1.82) is 0 Å². The van der Waals surface area contributed by atoms with Gasteiger partial charge in [0.2, 0.25) is 11.8 Å². The van der Waals surface area contributed by atoms with Crippen LogP contribution in [0.15, 0.2) is 0 Å². The number of ether oxygens (including phenoxy) is 3. The number of amides is 1.